The first-order valence-electron chi connectivity index (χ1n) is 9.62. The average Bonchev–Trinajstić information content (AvgIpc) is 3.25. The second-order valence-corrected chi connectivity index (χ2v) is 6.92. The maximum Gasteiger partial charge on any atom is 0.205 e. The summed E-state index contributed by atoms with van der Waals surface area (Å²) in [5, 5.41) is 19.4. The van der Waals surface area contributed by atoms with Crippen LogP contribution in [0.1, 0.15) is 27.0 Å². The minimum atomic E-state index is -0.334. The number of hydrogen-bond donors (Lipinski definition) is 1. The van der Waals surface area contributed by atoms with Gasteiger partial charge in [-0.3, -0.25) is 4.79 Å². The summed E-state index contributed by atoms with van der Waals surface area (Å²) < 4.78 is 5.83. The molecule has 1 aromatic heterocycles. The number of benzene rings is 3. The lowest BCUT2D eigenvalue weighted by molar-refractivity contribution is 0.104. The zero-order valence-electron chi connectivity index (χ0n) is 16.5. The second kappa shape index (κ2) is 8.82. The monoisotopic (exact) mass is 403 g/mol. The van der Waals surface area contributed by atoms with Gasteiger partial charge in [-0.2, -0.15) is 10.5 Å². The van der Waals surface area contributed by atoms with Crippen molar-refractivity contribution < 1.29 is 9.53 Å². The smallest absolute Gasteiger partial charge is 0.205 e. The van der Waals surface area contributed by atoms with Crippen LogP contribution in [0.3, 0.4) is 0 Å². The van der Waals surface area contributed by atoms with Gasteiger partial charge in [0.05, 0.1) is 11.6 Å². The molecule has 0 aliphatic heterocycles. The van der Waals surface area contributed by atoms with Crippen molar-refractivity contribution >= 4 is 22.8 Å². The number of aromatic amines is 1. The molecule has 0 saturated carbocycles. The van der Waals surface area contributed by atoms with Crippen LogP contribution in [0.4, 0.5) is 0 Å². The summed E-state index contributed by atoms with van der Waals surface area (Å²) in [6, 6.07) is 26.0. The number of Topliss-reactive ketones (excluding diaryl/α,β-unsaturated/α-hetero) is 1. The predicted octanol–water partition coefficient (Wildman–Crippen LogP) is 5.41. The van der Waals surface area contributed by atoms with E-state index in [9.17, 15) is 10.1 Å². The van der Waals surface area contributed by atoms with Crippen LogP contribution in [0.25, 0.3) is 17.0 Å². The molecule has 5 heteroatoms. The Labute approximate surface area is 179 Å². The van der Waals surface area contributed by atoms with Gasteiger partial charge in [0.2, 0.25) is 5.78 Å². The number of rotatable bonds is 6. The Hall–Kier alpha value is -4.61. The van der Waals surface area contributed by atoms with E-state index in [2.05, 4.69) is 11.1 Å². The molecule has 0 aliphatic rings. The van der Waals surface area contributed by atoms with Crippen molar-refractivity contribution in [2.45, 2.75) is 6.61 Å². The van der Waals surface area contributed by atoms with Gasteiger partial charge in [-0.15, -0.1) is 0 Å². The van der Waals surface area contributed by atoms with E-state index in [-0.39, 0.29) is 11.4 Å². The third kappa shape index (κ3) is 4.37. The van der Waals surface area contributed by atoms with Crippen LogP contribution in [-0.4, -0.2) is 10.8 Å². The number of allylic oxidation sites excluding steroid dienone is 1. The molecule has 0 atom stereocenters. The third-order valence-corrected chi connectivity index (χ3v) is 4.83. The first kappa shape index (κ1) is 19.7. The Kier molecular flexibility index (Phi) is 5.60. The molecule has 0 aliphatic carbocycles. The number of carbonyl (C=O) groups excluding carboxylic acids is 1. The highest BCUT2D eigenvalue weighted by molar-refractivity contribution is 6.19. The SMILES string of the molecule is N#C/C(=C\c1cccc(OCc2cccc(C#N)c2)c1)C(=O)c1c[nH]c2ccccc12. The standard InChI is InChI=1S/C26H17N3O2/c27-14-19-6-3-7-20(11-19)17-31-22-8-4-5-18(13-22)12-21(15-28)26(30)24-16-29-25-10-2-1-9-23(24)25/h1-13,16,29H,17H2/b21-12+. The minimum Gasteiger partial charge on any atom is -0.489 e. The van der Waals surface area contributed by atoms with Gasteiger partial charge in [0.15, 0.2) is 0 Å². The van der Waals surface area contributed by atoms with E-state index in [4.69, 9.17) is 10.00 Å². The Morgan fingerprint density at radius 2 is 1.84 bits per heavy atom. The van der Waals surface area contributed by atoms with E-state index < -0.39 is 0 Å². The molecule has 1 N–H and O–H groups in total. The molecule has 148 valence electrons. The van der Waals surface area contributed by atoms with Crippen LogP contribution in [0, 0.1) is 22.7 Å². The lowest BCUT2D eigenvalue weighted by Gasteiger charge is -2.07. The number of aromatic nitrogens is 1. The fourth-order valence-corrected chi connectivity index (χ4v) is 3.31. The topological polar surface area (TPSA) is 89.7 Å². The number of ether oxygens (including phenoxy) is 1. The van der Waals surface area contributed by atoms with Crippen LogP contribution in [0.2, 0.25) is 0 Å². The summed E-state index contributed by atoms with van der Waals surface area (Å²) in [7, 11) is 0. The molecule has 4 rings (SSSR count). The second-order valence-electron chi connectivity index (χ2n) is 6.92. The molecular weight excluding hydrogens is 386 g/mol. The van der Waals surface area contributed by atoms with Gasteiger partial charge in [-0.05, 0) is 47.5 Å². The Morgan fingerprint density at radius 3 is 2.68 bits per heavy atom. The average molecular weight is 403 g/mol. The van der Waals surface area contributed by atoms with Gasteiger partial charge < -0.3 is 9.72 Å². The highest BCUT2D eigenvalue weighted by Gasteiger charge is 2.16. The lowest BCUT2D eigenvalue weighted by Crippen LogP contribution is -2.01. The maximum absolute atomic E-state index is 12.9. The molecule has 4 aromatic rings. The summed E-state index contributed by atoms with van der Waals surface area (Å²) >= 11 is 0. The van der Waals surface area contributed by atoms with Crippen molar-refractivity contribution in [2.24, 2.45) is 0 Å². The van der Waals surface area contributed by atoms with E-state index in [1.807, 2.05) is 48.5 Å². The van der Waals surface area contributed by atoms with Crippen molar-refractivity contribution in [3.8, 4) is 17.9 Å². The first-order valence-corrected chi connectivity index (χ1v) is 9.62. The van der Waals surface area contributed by atoms with E-state index >= 15 is 0 Å². The number of nitrogens with zero attached hydrogens (tertiary/aromatic N) is 2. The fraction of sp³-hybridized carbons (Fsp3) is 0.0385. The van der Waals surface area contributed by atoms with Crippen molar-refractivity contribution in [1.29, 1.82) is 10.5 Å². The number of para-hydroxylation sites is 1. The summed E-state index contributed by atoms with van der Waals surface area (Å²) in [6.45, 7) is 0.308. The van der Waals surface area contributed by atoms with Crippen LogP contribution in [-0.2, 0) is 6.61 Å². The Bertz CT molecular complexity index is 1380. The zero-order chi connectivity index (χ0) is 21.6. The van der Waals surface area contributed by atoms with Gasteiger partial charge in [0, 0.05) is 22.7 Å². The van der Waals surface area contributed by atoms with Crippen molar-refractivity contribution in [3.05, 3.63) is 107 Å². The predicted molar refractivity (Wildman–Crippen MR) is 118 cm³/mol. The van der Waals surface area contributed by atoms with Gasteiger partial charge in [0.1, 0.15) is 24.0 Å². The van der Waals surface area contributed by atoms with Crippen LogP contribution >= 0.6 is 0 Å². The minimum absolute atomic E-state index is 0.0450. The highest BCUT2D eigenvalue weighted by Crippen LogP contribution is 2.23. The van der Waals surface area contributed by atoms with E-state index in [1.165, 1.54) is 0 Å². The summed E-state index contributed by atoms with van der Waals surface area (Å²) in [5.41, 5.74) is 3.50. The molecule has 0 unspecified atom stereocenters. The van der Waals surface area contributed by atoms with Gasteiger partial charge in [0.25, 0.3) is 0 Å². The van der Waals surface area contributed by atoms with Crippen LogP contribution in [0.5, 0.6) is 5.75 Å². The van der Waals surface area contributed by atoms with Crippen molar-refractivity contribution in [1.82, 2.24) is 4.98 Å². The molecule has 0 fully saturated rings. The molecule has 3 aromatic carbocycles. The van der Waals surface area contributed by atoms with E-state index in [0.717, 1.165) is 16.5 Å². The summed E-state index contributed by atoms with van der Waals surface area (Å²) in [4.78, 5) is 16.0. The van der Waals surface area contributed by atoms with Crippen LogP contribution in [0.15, 0.2) is 84.6 Å². The largest absolute Gasteiger partial charge is 0.489 e. The van der Waals surface area contributed by atoms with Crippen molar-refractivity contribution in [2.75, 3.05) is 0 Å². The number of hydrogen-bond acceptors (Lipinski definition) is 4. The molecule has 31 heavy (non-hydrogen) atoms. The molecule has 1 heterocycles. The number of nitrogens with one attached hydrogen (secondary N) is 1. The Morgan fingerprint density at radius 1 is 1.00 bits per heavy atom. The fourth-order valence-electron chi connectivity index (χ4n) is 3.31. The third-order valence-electron chi connectivity index (χ3n) is 4.83. The molecule has 0 radical (unpaired) electrons. The van der Waals surface area contributed by atoms with Gasteiger partial charge in [-0.25, -0.2) is 0 Å². The molecular formula is C26H17N3O2. The molecule has 5 nitrogen and oxygen atoms in total. The van der Waals surface area contributed by atoms with Crippen LogP contribution < -0.4 is 4.74 Å². The summed E-state index contributed by atoms with van der Waals surface area (Å²) in [6.07, 6.45) is 3.19. The Balaban J connectivity index is 1.55. The number of fused-ring (bicyclic) bond motifs is 1. The normalized spacial score (nSPS) is 11.0. The van der Waals surface area contributed by atoms with Crippen molar-refractivity contribution in [3.63, 3.8) is 0 Å². The first-order chi connectivity index (χ1) is 15.2. The highest BCUT2D eigenvalue weighted by atomic mass is 16.5. The van der Waals surface area contributed by atoms with Gasteiger partial charge >= 0.3 is 0 Å². The van der Waals surface area contributed by atoms with E-state index in [1.54, 1.807) is 42.6 Å². The summed E-state index contributed by atoms with van der Waals surface area (Å²) in [5.74, 6) is 0.271. The molecule has 0 saturated heterocycles. The van der Waals surface area contributed by atoms with E-state index in [0.29, 0.717) is 29.0 Å². The number of ketones is 1. The molecule has 0 bridgehead atoms. The quantitative estimate of drug-likeness (QED) is 0.265. The molecule has 0 spiro atoms. The lowest BCUT2D eigenvalue weighted by atomic mass is 10.0. The number of carbonyl (C=O) groups is 1. The molecule has 0 amide bonds. The maximum atomic E-state index is 12.9. The van der Waals surface area contributed by atoms with Gasteiger partial charge in [-0.1, -0.05) is 42.5 Å². The number of H-pyrrole nitrogens is 1. The number of nitriles is 2. The zero-order valence-corrected chi connectivity index (χ0v) is 16.5.